The van der Waals surface area contributed by atoms with E-state index < -0.39 is 22.1 Å². The first-order valence-corrected chi connectivity index (χ1v) is 8.14. The predicted octanol–water partition coefficient (Wildman–Crippen LogP) is 2.06. The molecule has 0 bridgehead atoms. The lowest BCUT2D eigenvalue weighted by Gasteiger charge is -2.34. The lowest BCUT2D eigenvalue weighted by molar-refractivity contribution is -0.386. The molecule has 0 saturated carbocycles. The van der Waals surface area contributed by atoms with Gasteiger partial charge in [-0.1, -0.05) is 6.07 Å². The van der Waals surface area contributed by atoms with Crippen LogP contribution in [0, 0.1) is 10.1 Å². The summed E-state index contributed by atoms with van der Waals surface area (Å²) in [7, 11) is 0. The highest BCUT2D eigenvalue weighted by atomic mass is 32.1. The van der Waals surface area contributed by atoms with Crippen LogP contribution in [0.4, 0.5) is 5.69 Å². The van der Waals surface area contributed by atoms with Crippen molar-refractivity contribution < 1.29 is 15.1 Å². The molecule has 1 aliphatic rings. The average Bonchev–Trinajstić information content (AvgIpc) is 3.05. The molecule has 0 spiro atoms. The van der Waals surface area contributed by atoms with E-state index in [0.29, 0.717) is 5.56 Å². The predicted molar refractivity (Wildman–Crippen MR) is 87.0 cm³/mol. The molecule has 0 aliphatic carbocycles. The Morgan fingerprint density at radius 2 is 2.04 bits per heavy atom. The van der Waals surface area contributed by atoms with Crippen molar-refractivity contribution in [1.82, 2.24) is 10.2 Å². The zero-order chi connectivity index (χ0) is 16.4. The number of nitro groups is 1. The number of phenols is 2. The second kappa shape index (κ2) is 6.53. The summed E-state index contributed by atoms with van der Waals surface area (Å²) in [6.45, 7) is 3.29. The molecule has 0 amide bonds. The molecule has 1 aliphatic heterocycles. The average molecular weight is 335 g/mol. The summed E-state index contributed by atoms with van der Waals surface area (Å²) in [5.74, 6) is -1.16. The van der Waals surface area contributed by atoms with Crippen molar-refractivity contribution in [3.05, 3.63) is 50.2 Å². The summed E-state index contributed by atoms with van der Waals surface area (Å²) in [4.78, 5) is 13.7. The number of phenolic OH excluding ortho intramolecular Hbond substituents is 2. The van der Waals surface area contributed by atoms with Gasteiger partial charge in [-0.25, -0.2) is 0 Å². The topological polar surface area (TPSA) is 98.9 Å². The standard InChI is InChI=1S/C15H17N3O4S/c19-12-9-10(8-11(15(12)20)18(21)22)14(13-2-1-7-23-13)17-5-3-16-4-6-17/h1-2,7-9,14,16,19-20H,3-6H2/t14-/m1/s1. The van der Waals surface area contributed by atoms with Crippen molar-refractivity contribution >= 4 is 17.0 Å². The highest BCUT2D eigenvalue weighted by molar-refractivity contribution is 7.10. The van der Waals surface area contributed by atoms with E-state index in [0.717, 1.165) is 31.1 Å². The maximum atomic E-state index is 11.1. The molecule has 0 unspecified atom stereocenters. The molecule has 23 heavy (non-hydrogen) atoms. The molecular weight excluding hydrogens is 318 g/mol. The van der Waals surface area contributed by atoms with E-state index in [-0.39, 0.29) is 6.04 Å². The van der Waals surface area contributed by atoms with Gasteiger partial charge >= 0.3 is 5.69 Å². The van der Waals surface area contributed by atoms with Gasteiger partial charge in [0.05, 0.1) is 11.0 Å². The molecule has 8 heteroatoms. The Balaban J connectivity index is 2.08. The van der Waals surface area contributed by atoms with Crippen molar-refractivity contribution in [2.75, 3.05) is 26.2 Å². The Kier molecular flexibility index (Phi) is 4.46. The van der Waals surface area contributed by atoms with E-state index in [9.17, 15) is 20.3 Å². The Morgan fingerprint density at radius 3 is 2.65 bits per heavy atom. The van der Waals surface area contributed by atoms with Crippen molar-refractivity contribution in [3.63, 3.8) is 0 Å². The number of nitrogens with one attached hydrogen (secondary N) is 1. The third-order valence-electron chi connectivity index (χ3n) is 3.93. The first-order chi connectivity index (χ1) is 11.1. The second-order valence-electron chi connectivity index (χ2n) is 5.37. The van der Waals surface area contributed by atoms with Gasteiger partial charge in [0, 0.05) is 37.1 Å². The summed E-state index contributed by atoms with van der Waals surface area (Å²) < 4.78 is 0. The minimum Gasteiger partial charge on any atom is -0.504 e. The van der Waals surface area contributed by atoms with Crippen molar-refractivity contribution in [1.29, 1.82) is 0 Å². The Hall–Kier alpha value is -2.16. The van der Waals surface area contributed by atoms with E-state index >= 15 is 0 Å². The number of nitro benzene ring substituents is 1. The van der Waals surface area contributed by atoms with Crippen LogP contribution in [0.15, 0.2) is 29.6 Å². The molecule has 2 aromatic rings. The molecule has 7 nitrogen and oxygen atoms in total. The van der Waals surface area contributed by atoms with Gasteiger partial charge in [-0.05, 0) is 23.1 Å². The fourth-order valence-electron chi connectivity index (χ4n) is 2.86. The molecule has 1 atom stereocenters. The van der Waals surface area contributed by atoms with Crippen LogP contribution in [0.2, 0.25) is 0 Å². The van der Waals surface area contributed by atoms with Crippen LogP contribution < -0.4 is 5.32 Å². The van der Waals surface area contributed by atoms with Crippen molar-refractivity contribution in [2.45, 2.75) is 6.04 Å². The Bertz CT molecular complexity index is 699. The largest absolute Gasteiger partial charge is 0.504 e. The zero-order valence-corrected chi connectivity index (χ0v) is 13.1. The fourth-order valence-corrected chi connectivity index (χ4v) is 3.75. The van der Waals surface area contributed by atoms with E-state index in [4.69, 9.17) is 0 Å². The van der Waals surface area contributed by atoms with Crippen molar-refractivity contribution in [2.24, 2.45) is 0 Å². The monoisotopic (exact) mass is 335 g/mol. The van der Waals surface area contributed by atoms with Gasteiger partial charge in [0.15, 0.2) is 5.75 Å². The van der Waals surface area contributed by atoms with Crippen LogP contribution in [-0.2, 0) is 0 Å². The molecule has 1 saturated heterocycles. The van der Waals surface area contributed by atoms with Gasteiger partial charge < -0.3 is 15.5 Å². The van der Waals surface area contributed by atoms with E-state index in [1.807, 2.05) is 17.5 Å². The SMILES string of the molecule is O=[N+]([O-])c1cc([C@H](c2cccs2)N2CCNCC2)cc(O)c1O. The minimum atomic E-state index is -0.691. The molecule has 2 heterocycles. The van der Waals surface area contributed by atoms with Crippen LogP contribution in [0.1, 0.15) is 16.5 Å². The van der Waals surface area contributed by atoms with Crippen LogP contribution in [-0.4, -0.2) is 46.2 Å². The number of piperazine rings is 1. The van der Waals surface area contributed by atoms with Gasteiger partial charge in [0.2, 0.25) is 5.75 Å². The first kappa shape index (κ1) is 15.7. The third kappa shape index (κ3) is 3.14. The lowest BCUT2D eigenvalue weighted by atomic mass is 10.0. The molecule has 1 fully saturated rings. The van der Waals surface area contributed by atoms with Gasteiger partial charge in [-0.3, -0.25) is 15.0 Å². The van der Waals surface area contributed by atoms with E-state index in [1.54, 1.807) is 11.3 Å². The quantitative estimate of drug-likeness (QED) is 0.449. The number of hydrogen-bond acceptors (Lipinski definition) is 7. The third-order valence-corrected chi connectivity index (χ3v) is 4.86. The molecule has 0 radical (unpaired) electrons. The first-order valence-electron chi connectivity index (χ1n) is 7.26. The number of hydrogen-bond donors (Lipinski definition) is 3. The zero-order valence-electron chi connectivity index (χ0n) is 12.3. The smallest absolute Gasteiger partial charge is 0.314 e. The molecule has 1 aromatic carbocycles. The maximum Gasteiger partial charge on any atom is 0.314 e. The number of nitrogens with zero attached hydrogens (tertiary/aromatic N) is 2. The Morgan fingerprint density at radius 1 is 1.30 bits per heavy atom. The number of thiophene rings is 1. The number of rotatable bonds is 4. The number of aromatic hydroxyl groups is 2. The number of benzene rings is 1. The van der Waals surface area contributed by atoms with Gasteiger partial charge in [-0.15, -0.1) is 11.3 Å². The molecule has 3 rings (SSSR count). The summed E-state index contributed by atoms with van der Waals surface area (Å²) >= 11 is 1.57. The van der Waals surface area contributed by atoms with Crippen molar-refractivity contribution in [3.8, 4) is 11.5 Å². The molecular formula is C15H17N3O4S. The van der Waals surface area contributed by atoms with E-state index in [1.165, 1.54) is 12.1 Å². The molecule has 1 aromatic heterocycles. The summed E-state index contributed by atoms with van der Waals surface area (Å²) in [5, 5.41) is 36.0. The summed E-state index contributed by atoms with van der Waals surface area (Å²) in [5.41, 5.74) is 0.132. The summed E-state index contributed by atoms with van der Waals surface area (Å²) in [6, 6.07) is 6.50. The molecule has 3 N–H and O–H groups in total. The maximum absolute atomic E-state index is 11.1. The second-order valence-corrected chi connectivity index (χ2v) is 6.35. The highest BCUT2D eigenvalue weighted by Crippen LogP contribution is 2.41. The van der Waals surface area contributed by atoms with Gasteiger partial charge in [-0.2, -0.15) is 0 Å². The minimum absolute atomic E-state index is 0.178. The van der Waals surface area contributed by atoms with Gasteiger partial charge in [0.1, 0.15) is 0 Å². The van der Waals surface area contributed by atoms with Crippen LogP contribution in [0.5, 0.6) is 11.5 Å². The van der Waals surface area contributed by atoms with Crippen LogP contribution >= 0.6 is 11.3 Å². The Labute approximate surface area is 136 Å². The van der Waals surface area contributed by atoms with Gasteiger partial charge in [0.25, 0.3) is 0 Å². The van der Waals surface area contributed by atoms with Crippen LogP contribution in [0.3, 0.4) is 0 Å². The summed E-state index contributed by atoms with van der Waals surface area (Å²) in [6.07, 6.45) is 0. The highest BCUT2D eigenvalue weighted by Gasteiger charge is 2.28. The fraction of sp³-hybridized carbons (Fsp3) is 0.333. The molecule has 122 valence electrons. The van der Waals surface area contributed by atoms with E-state index in [2.05, 4.69) is 10.2 Å². The normalized spacial score (nSPS) is 17.0. The van der Waals surface area contributed by atoms with Crippen LogP contribution in [0.25, 0.3) is 0 Å². The lowest BCUT2D eigenvalue weighted by Crippen LogP contribution is -2.45.